The van der Waals surface area contributed by atoms with E-state index in [0.29, 0.717) is 11.3 Å². The Balaban J connectivity index is 2.82. The Kier molecular flexibility index (Phi) is 3.62. The molecular weight excluding hydrogens is 184 g/mol. The fourth-order valence-electron chi connectivity index (χ4n) is 1.48. The van der Waals surface area contributed by atoms with Gasteiger partial charge in [-0.3, -0.25) is 5.10 Å². The number of aryl methyl sites for hydroxylation is 2. The first-order chi connectivity index (χ1) is 6.57. The molecular formula is C9H16N2O3. The predicted octanol–water partition coefficient (Wildman–Crippen LogP) is -0.197. The number of nitrogens with one attached hydrogen (secondary N) is 1. The summed E-state index contributed by atoms with van der Waals surface area (Å²) < 4.78 is 0. The van der Waals surface area contributed by atoms with Gasteiger partial charge in [0.2, 0.25) is 0 Å². The SMILES string of the molecule is Cc1n[nH]c(C)c1C(O)C(O)CCO. The van der Waals surface area contributed by atoms with Crippen molar-refractivity contribution >= 4 is 0 Å². The fraction of sp³-hybridized carbons (Fsp3) is 0.667. The monoisotopic (exact) mass is 200 g/mol. The summed E-state index contributed by atoms with van der Waals surface area (Å²) in [5.41, 5.74) is 2.03. The van der Waals surface area contributed by atoms with Crippen molar-refractivity contribution in [3.63, 3.8) is 0 Å². The lowest BCUT2D eigenvalue weighted by atomic mass is 10.0. The van der Waals surface area contributed by atoms with Gasteiger partial charge in [0, 0.05) is 17.9 Å². The molecule has 1 aromatic heterocycles. The van der Waals surface area contributed by atoms with E-state index >= 15 is 0 Å². The molecule has 0 aromatic carbocycles. The van der Waals surface area contributed by atoms with Crippen LogP contribution >= 0.6 is 0 Å². The molecule has 14 heavy (non-hydrogen) atoms. The van der Waals surface area contributed by atoms with Crippen LogP contribution in [0, 0.1) is 13.8 Å². The molecule has 0 bridgehead atoms. The smallest absolute Gasteiger partial charge is 0.108 e. The van der Waals surface area contributed by atoms with Gasteiger partial charge in [0.15, 0.2) is 0 Å². The molecule has 0 saturated carbocycles. The molecule has 1 aromatic rings. The summed E-state index contributed by atoms with van der Waals surface area (Å²) in [6, 6.07) is 0. The molecule has 1 heterocycles. The predicted molar refractivity (Wildman–Crippen MR) is 50.7 cm³/mol. The van der Waals surface area contributed by atoms with Crippen LogP contribution in [-0.2, 0) is 0 Å². The van der Waals surface area contributed by atoms with Gasteiger partial charge in [-0.1, -0.05) is 0 Å². The van der Waals surface area contributed by atoms with Crippen molar-refractivity contribution in [2.24, 2.45) is 0 Å². The van der Waals surface area contributed by atoms with E-state index in [0.717, 1.165) is 5.69 Å². The third-order valence-electron chi connectivity index (χ3n) is 2.27. The number of hydrogen-bond acceptors (Lipinski definition) is 4. The zero-order chi connectivity index (χ0) is 10.7. The van der Waals surface area contributed by atoms with Crippen molar-refractivity contribution in [1.82, 2.24) is 10.2 Å². The second-order valence-electron chi connectivity index (χ2n) is 3.37. The summed E-state index contributed by atoms with van der Waals surface area (Å²) in [6.45, 7) is 3.39. The first-order valence-electron chi connectivity index (χ1n) is 4.56. The molecule has 0 fully saturated rings. The minimum atomic E-state index is -0.985. The minimum Gasteiger partial charge on any atom is -0.396 e. The summed E-state index contributed by atoms with van der Waals surface area (Å²) in [7, 11) is 0. The first-order valence-corrected chi connectivity index (χ1v) is 4.56. The van der Waals surface area contributed by atoms with Crippen LogP contribution in [0.5, 0.6) is 0 Å². The molecule has 4 N–H and O–H groups in total. The Morgan fingerprint density at radius 2 is 2.00 bits per heavy atom. The zero-order valence-electron chi connectivity index (χ0n) is 8.36. The summed E-state index contributed by atoms with van der Waals surface area (Å²) in [5, 5.41) is 34.5. The van der Waals surface area contributed by atoms with E-state index < -0.39 is 12.2 Å². The second-order valence-corrected chi connectivity index (χ2v) is 3.37. The Morgan fingerprint density at radius 1 is 1.36 bits per heavy atom. The maximum Gasteiger partial charge on any atom is 0.108 e. The third kappa shape index (κ3) is 2.12. The summed E-state index contributed by atoms with van der Waals surface area (Å²) in [6.07, 6.45) is -1.78. The van der Waals surface area contributed by atoms with E-state index in [4.69, 9.17) is 5.11 Å². The number of hydrogen-bond donors (Lipinski definition) is 4. The van der Waals surface area contributed by atoms with E-state index in [-0.39, 0.29) is 13.0 Å². The van der Waals surface area contributed by atoms with Gasteiger partial charge >= 0.3 is 0 Å². The Labute approximate surface area is 82.4 Å². The molecule has 0 radical (unpaired) electrons. The molecule has 0 spiro atoms. The van der Waals surface area contributed by atoms with Crippen molar-refractivity contribution < 1.29 is 15.3 Å². The molecule has 5 heteroatoms. The van der Waals surface area contributed by atoms with Crippen LogP contribution < -0.4 is 0 Å². The van der Waals surface area contributed by atoms with Gasteiger partial charge in [-0.25, -0.2) is 0 Å². The highest BCUT2D eigenvalue weighted by molar-refractivity contribution is 5.26. The lowest BCUT2D eigenvalue weighted by Crippen LogP contribution is -2.20. The number of aliphatic hydroxyl groups is 3. The molecule has 0 aliphatic rings. The summed E-state index contributed by atoms with van der Waals surface area (Å²) >= 11 is 0. The van der Waals surface area contributed by atoms with E-state index in [1.54, 1.807) is 13.8 Å². The maximum absolute atomic E-state index is 9.75. The van der Waals surface area contributed by atoms with Crippen LogP contribution in [0.25, 0.3) is 0 Å². The average molecular weight is 200 g/mol. The van der Waals surface area contributed by atoms with E-state index in [9.17, 15) is 10.2 Å². The number of rotatable bonds is 4. The minimum absolute atomic E-state index is 0.145. The summed E-state index contributed by atoms with van der Waals surface area (Å²) in [4.78, 5) is 0. The van der Waals surface area contributed by atoms with Gasteiger partial charge in [0.25, 0.3) is 0 Å². The number of nitrogens with zero attached hydrogens (tertiary/aromatic N) is 1. The highest BCUT2D eigenvalue weighted by Crippen LogP contribution is 2.23. The van der Waals surface area contributed by atoms with E-state index in [1.165, 1.54) is 0 Å². The molecule has 2 atom stereocenters. The van der Waals surface area contributed by atoms with Crippen molar-refractivity contribution in [2.75, 3.05) is 6.61 Å². The van der Waals surface area contributed by atoms with Crippen LogP contribution in [-0.4, -0.2) is 38.2 Å². The maximum atomic E-state index is 9.75. The molecule has 0 aliphatic carbocycles. The highest BCUT2D eigenvalue weighted by Gasteiger charge is 2.22. The molecule has 0 aliphatic heterocycles. The Hall–Kier alpha value is -0.910. The van der Waals surface area contributed by atoms with Gasteiger partial charge in [0.1, 0.15) is 6.10 Å². The number of aromatic amines is 1. The van der Waals surface area contributed by atoms with Crippen LogP contribution in [0.3, 0.4) is 0 Å². The van der Waals surface area contributed by atoms with E-state index in [2.05, 4.69) is 10.2 Å². The Bertz CT molecular complexity index is 279. The first kappa shape index (κ1) is 11.2. The van der Waals surface area contributed by atoms with E-state index in [1.807, 2.05) is 0 Å². The van der Waals surface area contributed by atoms with Crippen LogP contribution in [0.4, 0.5) is 0 Å². The van der Waals surface area contributed by atoms with Crippen molar-refractivity contribution in [3.8, 4) is 0 Å². The lowest BCUT2D eigenvalue weighted by Gasteiger charge is -2.17. The molecule has 1 rings (SSSR count). The normalized spacial score (nSPS) is 15.5. The topological polar surface area (TPSA) is 89.4 Å². The van der Waals surface area contributed by atoms with Crippen LogP contribution in [0.15, 0.2) is 0 Å². The molecule has 80 valence electrons. The fourth-order valence-corrected chi connectivity index (χ4v) is 1.48. The average Bonchev–Trinajstić information content (AvgIpc) is 2.46. The van der Waals surface area contributed by atoms with Crippen molar-refractivity contribution in [3.05, 3.63) is 17.0 Å². The molecule has 0 amide bonds. The zero-order valence-corrected chi connectivity index (χ0v) is 8.36. The number of H-pyrrole nitrogens is 1. The Morgan fingerprint density at radius 3 is 2.43 bits per heavy atom. The highest BCUT2D eigenvalue weighted by atomic mass is 16.3. The largest absolute Gasteiger partial charge is 0.396 e. The quantitative estimate of drug-likeness (QED) is 0.542. The molecule has 0 saturated heterocycles. The molecule has 5 nitrogen and oxygen atoms in total. The van der Waals surface area contributed by atoms with Gasteiger partial charge < -0.3 is 15.3 Å². The third-order valence-corrected chi connectivity index (χ3v) is 2.27. The van der Waals surface area contributed by atoms with Gasteiger partial charge in [0.05, 0.1) is 11.8 Å². The van der Waals surface area contributed by atoms with Gasteiger partial charge in [-0.05, 0) is 20.3 Å². The lowest BCUT2D eigenvalue weighted by molar-refractivity contribution is 0.00356. The molecule has 2 unspecified atom stereocenters. The van der Waals surface area contributed by atoms with Crippen LogP contribution in [0.1, 0.15) is 29.5 Å². The van der Waals surface area contributed by atoms with Crippen molar-refractivity contribution in [2.45, 2.75) is 32.5 Å². The summed E-state index contributed by atoms with van der Waals surface area (Å²) in [5.74, 6) is 0. The van der Waals surface area contributed by atoms with Crippen molar-refractivity contribution in [1.29, 1.82) is 0 Å². The van der Waals surface area contributed by atoms with Gasteiger partial charge in [-0.2, -0.15) is 5.10 Å². The van der Waals surface area contributed by atoms with Crippen LogP contribution in [0.2, 0.25) is 0 Å². The van der Waals surface area contributed by atoms with Gasteiger partial charge in [-0.15, -0.1) is 0 Å². The standard InChI is InChI=1S/C9H16N2O3/c1-5-8(6(2)11-10-5)9(14)7(13)3-4-12/h7,9,12-14H,3-4H2,1-2H3,(H,10,11). The number of aliphatic hydroxyl groups excluding tert-OH is 3. The second kappa shape index (κ2) is 4.54. The number of aromatic nitrogens is 2.